The van der Waals surface area contributed by atoms with Crippen LogP contribution < -0.4 is 31.8 Å². The third kappa shape index (κ3) is 19.9. The highest BCUT2D eigenvalue weighted by molar-refractivity contribution is 7.80. The number of hydrogen-bond donors (Lipinski definition) is 2. The van der Waals surface area contributed by atoms with Gasteiger partial charge in [0.1, 0.15) is 0 Å². The molecule has 0 saturated carbocycles. The Labute approximate surface area is 550 Å². The lowest BCUT2D eigenvalue weighted by atomic mass is 10.1. The molecule has 10 aromatic rings. The van der Waals surface area contributed by atoms with Gasteiger partial charge in [0.2, 0.25) is 23.3 Å². The van der Waals surface area contributed by atoms with E-state index in [0.717, 1.165) is 0 Å². The summed E-state index contributed by atoms with van der Waals surface area (Å²) in [6.45, 7) is 27.0. The van der Waals surface area contributed by atoms with Crippen molar-refractivity contribution in [2.75, 3.05) is 0 Å². The lowest BCUT2D eigenvalue weighted by Gasteiger charge is -2.26. The van der Waals surface area contributed by atoms with E-state index in [1.807, 2.05) is 0 Å². The van der Waals surface area contributed by atoms with Crippen LogP contribution >= 0.6 is 15.8 Å². The number of halogens is 20. The van der Waals surface area contributed by atoms with E-state index in [4.69, 9.17) is 10.0 Å². The minimum absolute atomic E-state index is 0. The predicted molar refractivity (Wildman–Crippen MR) is 342 cm³/mol. The minimum atomic E-state index is -2.14. The molecule has 0 heterocycles. The van der Waals surface area contributed by atoms with Gasteiger partial charge in [-0.2, -0.15) is 0 Å². The molecule has 513 valence electrons. The number of benzene rings is 10. The highest BCUT2D eigenvalue weighted by Crippen LogP contribution is 2.40. The van der Waals surface area contributed by atoms with Gasteiger partial charge < -0.3 is 10.0 Å². The molecule has 0 aliphatic heterocycles. The van der Waals surface area contributed by atoms with Crippen LogP contribution in [0.5, 0.6) is 0 Å². The van der Waals surface area contributed by atoms with Crippen LogP contribution in [0.1, 0.15) is 66.8 Å². The summed E-state index contributed by atoms with van der Waals surface area (Å²) in [4.78, 5) is 0. The standard InChI is InChI=1S/2C24H27P.4C6HF5.BH2O2/c2*1-16-10-7-13-22(19(16)4)25(23-14-8-11-17(2)20(23)5)24-15-9-12-18(3)21(24)6;4*7-2-1-3(8)5(10)6(11)4(2)9;2-1-3/h2*7-15H,1-6H3;4*1H;2-3H. The molecule has 97 heavy (non-hydrogen) atoms. The maximum atomic E-state index is 12.0. The summed E-state index contributed by atoms with van der Waals surface area (Å²) in [5.74, 6) is -38.6. The van der Waals surface area contributed by atoms with E-state index in [2.05, 4.69) is 192 Å². The second-order valence-electron chi connectivity index (χ2n) is 21.2. The third-order valence-electron chi connectivity index (χ3n) is 15.1. The summed E-state index contributed by atoms with van der Waals surface area (Å²) in [5, 5.41) is 22.9. The average Bonchev–Trinajstić information content (AvgIpc) is 0.777. The maximum absolute atomic E-state index is 12.0. The molecule has 10 aromatic carbocycles. The van der Waals surface area contributed by atoms with Crippen molar-refractivity contribution in [1.82, 2.24) is 0 Å². The zero-order chi connectivity index (χ0) is 73.4. The Morgan fingerprint density at radius 2 is 0.320 bits per heavy atom. The van der Waals surface area contributed by atoms with Crippen LogP contribution in [0.3, 0.4) is 0 Å². The van der Waals surface area contributed by atoms with Crippen molar-refractivity contribution in [2.24, 2.45) is 0 Å². The number of hydrogen-bond acceptors (Lipinski definition) is 2. The fourth-order valence-corrected chi connectivity index (χ4v) is 14.9. The topological polar surface area (TPSA) is 40.5 Å². The maximum Gasteiger partial charge on any atom is 0.482 e. The van der Waals surface area contributed by atoms with Crippen LogP contribution in [0.25, 0.3) is 0 Å². The van der Waals surface area contributed by atoms with Crippen LogP contribution in [-0.4, -0.2) is 17.7 Å². The molecule has 0 unspecified atom stereocenters. The Kier molecular flexibility index (Phi) is 30.3. The van der Waals surface area contributed by atoms with Crippen LogP contribution in [0, 0.1) is 199 Å². The summed E-state index contributed by atoms with van der Waals surface area (Å²) in [6, 6.07) is 40.3. The normalized spacial score (nSPS) is 10.6. The lowest BCUT2D eigenvalue weighted by Crippen LogP contribution is -2.26. The van der Waals surface area contributed by atoms with Crippen molar-refractivity contribution in [2.45, 2.75) is 83.1 Å². The van der Waals surface area contributed by atoms with Crippen LogP contribution in [0.15, 0.2) is 133 Å². The zero-order valence-corrected chi connectivity index (χ0v) is 55.4. The Morgan fingerprint density at radius 1 is 0.206 bits per heavy atom. The van der Waals surface area contributed by atoms with Gasteiger partial charge in [0, 0.05) is 24.3 Å². The van der Waals surface area contributed by atoms with Gasteiger partial charge >= 0.3 is 7.69 Å². The Bertz CT molecular complexity index is 3690. The molecule has 0 spiro atoms. The molecule has 2 nitrogen and oxygen atoms in total. The Balaban J connectivity index is 0.000000257. The highest BCUT2D eigenvalue weighted by atomic mass is 31.1. The zero-order valence-electron chi connectivity index (χ0n) is 53.6. The van der Waals surface area contributed by atoms with Crippen molar-refractivity contribution >= 4 is 55.4 Å². The largest absolute Gasteiger partial charge is 0.482 e. The second-order valence-corrected chi connectivity index (χ2v) is 25.5. The number of rotatable bonds is 6. The summed E-state index contributed by atoms with van der Waals surface area (Å²) in [5.41, 5.74) is 16.8. The lowest BCUT2D eigenvalue weighted by molar-refractivity contribution is 0.378. The monoisotopic (exact) mass is 1410 g/mol. The first-order valence-electron chi connectivity index (χ1n) is 28.4. The molecule has 1 radical (unpaired) electrons. The summed E-state index contributed by atoms with van der Waals surface area (Å²) < 4.78 is 240. The van der Waals surface area contributed by atoms with Gasteiger partial charge in [0.05, 0.1) is 0 Å². The minimum Gasteiger partial charge on any atom is -0.429 e. The third-order valence-corrected chi connectivity index (χ3v) is 20.9. The van der Waals surface area contributed by atoms with Gasteiger partial charge in [-0.3, -0.25) is 0 Å². The molecule has 0 bridgehead atoms. The quantitative estimate of drug-likeness (QED) is 0.0573. The first-order chi connectivity index (χ1) is 45.4. The van der Waals surface area contributed by atoms with Gasteiger partial charge in [0.15, 0.2) is 93.1 Å². The van der Waals surface area contributed by atoms with Crippen molar-refractivity contribution < 1.29 is 97.9 Å². The molecule has 0 fully saturated rings. The van der Waals surface area contributed by atoms with E-state index in [9.17, 15) is 87.8 Å². The van der Waals surface area contributed by atoms with Gasteiger partial charge in [-0.25, -0.2) is 87.8 Å². The Morgan fingerprint density at radius 3 is 0.433 bits per heavy atom. The second kappa shape index (κ2) is 36.3. The highest BCUT2D eigenvalue weighted by Gasteiger charge is 2.27. The average molecular weight is 1410 g/mol. The van der Waals surface area contributed by atoms with Crippen LogP contribution in [0.2, 0.25) is 0 Å². The van der Waals surface area contributed by atoms with Gasteiger partial charge in [0.25, 0.3) is 0 Å². The van der Waals surface area contributed by atoms with E-state index in [1.54, 1.807) is 0 Å². The molecule has 0 aromatic heterocycles. The van der Waals surface area contributed by atoms with Gasteiger partial charge in [-0.1, -0.05) is 109 Å². The molecule has 0 aliphatic rings. The van der Waals surface area contributed by atoms with E-state index < -0.39 is 132 Å². The number of aryl methyl sites for hydroxylation is 6. The summed E-state index contributed by atoms with van der Waals surface area (Å²) in [6.07, 6.45) is 0. The van der Waals surface area contributed by atoms with Crippen LogP contribution in [0.4, 0.5) is 87.8 Å². The van der Waals surface area contributed by atoms with E-state index in [0.29, 0.717) is 0 Å². The van der Waals surface area contributed by atoms with E-state index in [-0.39, 0.29) is 32.0 Å². The molecule has 2 N–H and O–H groups in total. The summed E-state index contributed by atoms with van der Waals surface area (Å²) >= 11 is 0. The molecule has 0 saturated heterocycles. The van der Waals surface area contributed by atoms with Crippen LogP contribution in [-0.2, 0) is 0 Å². The first kappa shape index (κ1) is 81.1. The molecule has 0 aliphatic carbocycles. The molecular formula is C72H60BF20O2P2. The smallest absolute Gasteiger partial charge is 0.429 e. The fraction of sp³-hybridized carbons (Fsp3) is 0.167. The molecule has 0 amide bonds. The van der Waals surface area contributed by atoms with Crippen molar-refractivity contribution in [3.63, 3.8) is 0 Å². The van der Waals surface area contributed by atoms with Gasteiger partial charge in [-0.15, -0.1) is 0 Å². The molecular weight excluding hydrogens is 1350 g/mol. The fourth-order valence-electron chi connectivity index (χ4n) is 8.82. The SMILES string of the molecule is Cc1cccc(P(c2cccc(C)c2C)c2cccc(C)c2C)c1C.Cc1cccc(P(c2cccc(C)c2C)c2cccc(C)c2C)c1C.Fc1cc(F)c(F)c(F)c1F.Fc1cc(F)c(F)c(F)c1F.Fc1cc(F)c(F)c(F)c1F.Fc1cc(F)c(F)c(F)c1F.O[B]O. The van der Waals surface area contributed by atoms with E-state index in [1.165, 1.54) is 98.6 Å². The summed E-state index contributed by atoms with van der Waals surface area (Å²) in [7, 11) is -1.11. The van der Waals surface area contributed by atoms with Crippen molar-refractivity contribution in [3.8, 4) is 0 Å². The Hall–Kier alpha value is -8.36. The molecule has 25 heteroatoms. The van der Waals surface area contributed by atoms with Gasteiger partial charge in [-0.05, 0) is 198 Å². The van der Waals surface area contributed by atoms with E-state index >= 15 is 0 Å². The van der Waals surface area contributed by atoms with Crippen molar-refractivity contribution in [1.29, 1.82) is 0 Å². The van der Waals surface area contributed by atoms with Crippen molar-refractivity contribution in [3.05, 3.63) is 317 Å². The first-order valence-corrected chi connectivity index (χ1v) is 31.1. The predicted octanol–water partition coefficient (Wildman–Crippen LogP) is 18.6. The molecule has 0 atom stereocenters. The molecule has 10 rings (SSSR count).